The van der Waals surface area contributed by atoms with Crippen LogP contribution in [0.3, 0.4) is 0 Å². The molecule has 0 saturated carbocycles. The van der Waals surface area contributed by atoms with E-state index in [4.69, 9.17) is 9.47 Å². The Labute approximate surface area is 150 Å². The molecular weight excluding hydrogens is 331 g/mol. The minimum absolute atomic E-state index is 0.132. The van der Waals surface area contributed by atoms with Gasteiger partial charge in [0.05, 0.1) is 18.1 Å². The molecule has 0 aliphatic heterocycles. The second-order valence-corrected chi connectivity index (χ2v) is 5.85. The number of halogens is 1. The van der Waals surface area contributed by atoms with Gasteiger partial charge in [0, 0.05) is 11.1 Å². The molecule has 1 heterocycles. The molecule has 5 heteroatoms. The van der Waals surface area contributed by atoms with Gasteiger partial charge in [-0.25, -0.2) is 9.37 Å². The maximum atomic E-state index is 13.7. The molecule has 0 atom stereocenters. The van der Waals surface area contributed by atoms with Crippen molar-refractivity contribution in [2.45, 2.75) is 6.61 Å². The Morgan fingerprint density at radius 2 is 1.77 bits per heavy atom. The minimum Gasteiger partial charge on any atom is -0.493 e. The number of para-hydroxylation sites is 2. The zero-order valence-corrected chi connectivity index (χ0v) is 14.2. The summed E-state index contributed by atoms with van der Waals surface area (Å²) in [6, 6.07) is 20.0. The lowest BCUT2D eigenvalue weighted by Crippen LogP contribution is -2.00. The normalized spacial score (nSPS) is 10.8. The van der Waals surface area contributed by atoms with Crippen molar-refractivity contribution >= 4 is 11.0 Å². The van der Waals surface area contributed by atoms with Gasteiger partial charge in [0.15, 0.2) is 11.5 Å². The standard InChI is InChI=1S/C21H17FN2O2/c1-25-20-12-14(21-23-17-8-4-5-9-18(17)24-21)10-11-19(20)26-13-15-6-2-3-7-16(15)22/h2-12H,13H2,1H3,(H,23,24). The number of nitrogens with one attached hydrogen (secondary N) is 1. The summed E-state index contributed by atoms with van der Waals surface area (Å²) < 4.78 is 24.9. The van der Waals surface area contributed by atoms with Crippen molar-refractivity contribution in [3.63, 3.8) is 0 Å². The molecule has 0 unspecified atom stereocenters. The molecule has 26 heavy (non-hydrogen) atoms. The van der Waals surface area contributed by atoms with Gasteiger partial charge in [0.1, 0.15) is 18.2 Å². The van der Waals surface area contributed by atoms with Gasteiger partial charge in [-0.15, -0.1) is 0 Å². The number of hydrogen-bond acceptors (Lipinski definition) is 3. The van der Waals surface area contributed by atoms with Crippen molar-refractivity contribution in [3.8, 4) is 22.9 Å². The van der Waals surface area contributed by atoms with E-state index in [2.05, 4.69) is 9.97 Å². The fourth-order valence-corrected chi connectivity index (χ4v) is 2.79. The number of imidazole rings is 1. The van der Waals surface area contributed by atoms with Crippen molar-refractivity contribution in [3.05, 3.63) is 78.1 Å². The molecule has 0 fully saturated rings. The summed E-state index contributed by atoms with van der Waals surface area (Å²) in [7, 11) is 1.58. The average Bonchev–Trinajstić information content (AvgIpc) is 3.11. The largest absolute Gasteiger partial charge is 0.493 e. The molecule has 0 amide bonds. The molecule has 3 aromatic carbocycles. The van der Waals surface area contributed by atoms with Crippen LogP contribution in [0.1, 0.15) is 5.56 Å². The number of H-pyrrole nitrogens is 1. The van der Waals surface area contributed by atoms with Crippen LogP contribution in [-0.4, -0.2) is 17.1 Å². The van der Waals surface area contributed by atoms with Gasteiger partial charge in [-0.2, -0.15) is 0 Å². The molecule has 130 valence electrons. The van der Waals surface area contributed by atoms with Crippen molar-refractivity contribution in [1.82, 2.24) is 9.97 Å². The molecule has 1 N–H and O–H groups in total. The predicted molar refractivity (Wildman–Crippen MR) is 98.8 cm³/mol. The van der Waals surface area contributed by atoms with Crippen molar-refractivity contribution in [2.75, 3.05) is 7.11 Å². The summed E-state index contributed by atoms with van der Waals surface area (Å²) in [5, 5.41) is 0. The number of fused-ring (bicyclic) bond motifs is 1. The van der Waals surface area contributed by atoms with Crippen LogP contribution >= 0.6 is 0 Å². The quantitative estimate of drug-likeness (QED) is 0.555. The predicted octanol–water partition coefficient (Wildman–Crippen LogP) is 4.96. The van der Waals surface area contributed by atoms with Gasteiger partial charge in [-0.05, 0) is 36.4 Å². The molecule has 0 saturated heterocycles. The third-order valence-electron chi connectivity index (χ3n) is 4.17. The second kappa shape index (κ2) is 6.88. The first-order valence-corrected chi connectivity index (χ1v) is 8.24. The summed E-state index contributed by atoms with van der Waals surface area (Å²) in [5.41, 5.74) is 3.26. The number of nitrogens with zero attached hydrogens (tertiary/aromatic N) is 1. The molecule has 4 rings (SSSR count). The van der Waals surface area contributed by atoms with E-state index in [1.807, 2.05) is 42.5 Å². The molecule has 0 bridgehead atoms. The number of methoxy groups -OCH3 is 1. The van der Waals surface area contributed by atoms with Gasteiger partial charge in [-0.3, -0.25) is 0 Å². The molecule has 4 aromatic rings. The van der Waals surface area contributed by atoms with E-state index < -0.39 is 0 Å². The number of aromatic amines is 1. The van der Waals surface area contributed by atoms with E-state index in [1.54, 1.807) is 25.3 Å². The zero-order chi connectivity index (χ0) is 17.9. The van der Waals surface area contributed by atoms with E-state index in [0.29, 0.717) is 17.1 Å². The molecule has 4 nitrogen and oxygen atoms in total. The van der Waals surface area contributed by atoms with Crippen molar-refractivity contribution in [2.24, 2.45) is 0 Å². The van der Waals surface area contributed by atoms with Gasteiger partial charge in [0.2, 0.25) is 0 Å². The third-order valence-corrected chi connectivity index (χ3v) is 4.17. The first-order valence-electron chi connectivity index (χ1n) is 8.24. The lowest BCUT2D eigenvalue weighted by atomic mass is 10.2. The maximum Gasteiger partial charge on any atom is 0.161 e. The molecule has 0 spiro atoms. The molecule has 0 radical (unpaired) electrons. The maximum absolute atomic E-state index is 13.7. The van der Waals surface area contributed by atoms with Gasteiger partial charge >= 0.3 is 0 Å². The average molecular weight is 348 g/mol. The Hall–Kier alpha value is -3.34. The van der Waals surface area contributed by atoms with Crippen molar-refractivity contribution in [1.29, 1.82) is 0 Å². The van der Waals surface area contributed by atoms with Crippen molar-refractivity contribution < 1.29 is 13.9 Å². The summed E-state index contributed by atoms with van der Waals surface area (Å²) in [5.74, 6) is 1.59. The second-order valence-electron chi connectivity index (χ2n) is 5.85. The number of ether oxygens (including phenoxy) is 2. The highest BCUT2D eigenvalue weighted by molar-refractivity contribution is 5.79. The molecule has 0 aliphatic rings. The van der Waals surface area contributed by atoms with Gasteiger partial charge < -0.3 is 14.5 Å². The highest BCUT2D eigenvalue weighted by Crippen LogP contribution is 2.33. The SMILES string of the molecule is COc1cc(-c2nc3ccccc3[nH]2)ccc1OCc1ccccc1F. The van der Waals surface area contributed by atoms with E-state index in [-0.39, 0.29) is 12.4 Å². The highest BCUT2D eigenvalue weighted by Gasteiger charge is 2.11. The Kier molecular flexibility index (Phi) is 4.27. The molecule has 0 aliphatic carbocycles. The van der Waals surface area contributed by atoms with Gasteiger partial charge in [0.25, 0.3) is 0 Å². The van der Waals surface area contributed by atoms with Crippen LogP contribution in [0, 0.1) is 5.82 Å². The smallest absolute Gasteiger partial charge is 0.161 e. The topological polar surface area (TPSA) is 47.1 Å². The van der Waals surface area contributed by atoms with Gasteiger partial charge in [-0.1, -0.05) is 30.3 Å². The molecule has 1 aromatic heterocycles. The Morgan fingerprint density at radius 1 is 0.962 bits per heavy atom. The Bertz CT molecular complexity index is 1030. The number of aromatic nitrogens is 2. The lowest BCUT2D eigenvalue weighted by molar-refractivity contribution is 0.280. The lowest BCUT2D eigenvalue weighted by Gasteiger charge is -2.12. The number of benzene rings is 3. The summed E-state index contributed by atoms with van der Waals surface area (Å²) >= 11 is 0. The number of hydrogen-bond donors (Lipinski definition) is 1. The Balaban J connectivity index is 1.60. The third kappa shape index (κ3) is 3.11. The first-order chi connectivity index (χ1) is 12.7. The minimum atomic E-state index is -0.287. The van der Waals surface area contributed by atoms with Crippen LogP contribution in [0.25, 0.3) is 22.4 Å². The molecular formula is C21H17FN2O2. The zero-order valence-electron chi connectivity index (χ0n) is 14.2. The number of rotatable bonds is 5. The van der Waals surface area contributed by atoms with Crippen LogP contribution in [-0.2, 0) is 6.61 Å². The van der Waals surface area contributed by atoms with Crippen LogP contribution in [0.5, 0.6) is 11.5 Å². The van der Waals surface area contributed by atoms with Crippen LogP contribution in [0.15, 0.2) is 66.7 Å². The van der Waals surface area contributed by atoms with Crippen LogP contribution < -0.4 is 9.47 Å². The fourth-order valence-electron chi connectivity index (χ4n) is 2.79. The fraction of sp³-hybridized carbons (Fsp3) is 0.0952. The summed E-state index contributed by atoms with van der Waals surface area (Å²) in [6.07, 6.45) is 0. The summed E-state index contributed by atoms with van der Waals surface area (Å²) in [4.78, 5) is 7.88. The first kappa shape index (κ1) is 16.1. The monoisotopic (exact) mass is 348 g/mol. The highest BCUT2D eigenvalue weighted by atomic mass is 19.1. The summed E-state index contributed by atoms with van der Waals surface area (Å²) in [6.45, 7) is 0.132. The van der Waals surface area contributed by atoms with E-state index in [0.717, 1.165) is 22.4 Å². The van der Waals surface area contributed by atoms with E-state index in [1.165, 1.54) is 6.07 Å². The Morgan fingerprint density at radius 3 is 2.58 bits per heavy atom. The van der Waals surface area contributed by atoms with E-state index in [9.17, 15) is 4.39 Å². The van der Waals surface area contributed by atoms with Crippen LogP contribution in [0.2, 0.25) is 0 Å². The van der Waals surface area contributed by atoms with E-state index >= 15 is 0 Å². The van der Waals surface area contributed by atoms with Crippen LogP contribution in [0.4, 0.5) is 4.39 Å².